The predicted molar refractivity (Wildman–Crippen MR) is 77.2 cm³/mol. The fraction of sp³-hybridized carbons (Fsp3) is 1.00. The summed E-state index contributed by atoms with van der Waals surface area (Å²) in [6.45, 7) is 6.59. The third-order valence-corrected chi connectivity index (χ3v) is 10.2. The van der Waals surface area contributed by atoms with Gasteiger partial charge in [0.1, 0.15) is 21.0 Å². The molecule has 13 heavy (non-hydrogen) atoms. The Morgan fingerprint density at radius 1 is 1.15 bits per heavy atom. The zero-order chi connectivity index (χ0) is 10.7. The second kappa shape index (κ2) is 13.1. The lowest BCUT2D eigenvalue weighted by Crippen LogP contribution is -2.10. The zero-order valence-electron chi connectivity index (χ0n) is 9.54. The molecule has 0 radical (unpaired) electrons. The normalized spacial score (nSPS) is 12.7. The quantitative estimate of drug-likeness (QED) is 0.523. The van der Waals surface area contributed by atoms with Gasteiger partial charge in [0, 0.05) is 0 Å². The van der Waals surface area contributed by atoms with Crippen molar-refractivity contribution in [2.24, 2.45) is 0 Å². The van der Waals surface area contributed by atoms with E-state index in [0.717, 1.165) is 26.7 Å². The highest BCUT2D eigenvalue weighted by Crippen LogP contribution is 1.97. The van der Waals surface area contributed by atoms with E-state index >= 15 is 0 Å². The molecule has 0 amide bonds. The molecule has 1 atom stereocenters. The first-order chi connectivity index (χ1) is 6.08. The van der Waals surface area contributed by atoms with Gasteiger partial charge in [0.2, 0.25) is 0 Å². The highest BCUT2D eigenvalue weighted by Gasteiger charge is 1.97. The maximum atomic E-state index is 5.30. The van der Waals surface area contributed by atoms with E-state index in [2.05, 4.69) is 32.3 Å². The Hall–Kier alpha value is 1.14. The molecule has 0 aromatic rings. The molecule has 0 saturated carbocycles. The van der Waals surface area contributed by atoms with Crippen LogP contribution in [0.2, 0.25) is 25.7 Å². The molecule has 7 heteroatoms. The third kappa shape index (κ3) is 19.5. The third-order valence-electron chi connectivity index (χ3n) is 1.64. The van der Waals surface area contributed by atoms with E-state index in [1.165, 1.54) is 12.5 Å². The van der Waals surface area contributed by atoms with Gasteiger partial charge in [-0.25, -0.2) is 0 Å². The van der Waals surface area contributed by atoms with Crippen molar-refractivity contribution in [2.45, 2.75) is 32.1 Å². The predicted octanol–water partition coefficient (Wildman–Crippen LogP) is -0.776. The fourth-order valence-electron chi connectivity index (χ4n) is 0.497. The molecule has 0 aliphatic carbocycles. The van der Waals surface area contributed by atoms with Crippen LogP contribution >= 0.6 is 12.6 Å². The Balaban J connectivity index is 0. The Kier molecular flexibility index (Phi) is 16.7. The van der Waals surface area contributed by atoms with E-state index in [9.17, 15) is 0 Å². The van der Waals surface area contributed by atoms with Gasteiger partial charge in [-0.2, -0.15) is 12.6 Å². The van der Waals surface area contributed by atoms with Crippen LogP contribution in [0.4, 0.5) is 0 Å². The van der Waals surface area contributed by atoms with Crippen molar-refractivity contribution < 1.29 is 8.23 Å². The minimum atomic E-state index is -0.686. The summed E-state index contributed by atoms with van der Waals surface area (Å²) in [5.41, 5.74) is 0. The lowest BCUT2D eigenvalue weighted by atomic mass is 10.6. The van der Waals surface area contributed by atoms with Gasteiger partial charge < -0.3 is 8.23 Å². The molecule has 0 aromatic heterocycles. The Bertz CT molecular complexity index is 96.7. The Morgan fingerprint density at radius 3 is 1.85 bits per heavy atom. The molecule has 2 nitrogen and oxygen atoms in total. The van der Waals surface area contributed by atoms with Gasteiger partial charge in [-0.15, -0.1) is 0 Å². The van der Waals surface area contributed by atoms with Crippen LogP contribution in [0.25, 0.3) is 0 Å². The van der Waals surface area contributed by atoms with Crippen molar-refractivity contribution in [3.05, 3.63) is 0 Å². The van der Waals surface area contributed by atoms with Gasteiger partial charge in [0.15, 0.2) is 18.1 Å². The first-order valence-corrected chi connectivity index (χ1v) is 12.2. The summed E-state index contributed by atoms with van der Waals surface area (Å²) in [4.78, 5) is 0. The Labute approximate surface area is 97.7 Å². The van der Waals surface area contributed by atoms with Crippen molar-refractivity contribution in [1.82, 2.24) is 0 Å². The van der Waals surface area contributed by atoms with Crippen LogP contribution in [-0.4, -0.2) is 44.8 Å². The fourth-order valence-corrected chi connectivity index (χ4v) is 2.74. The van der Waals surface area contributed by atoms with Crippen LogP contribution in [0, 0.1) is 0 Å². The van der Waals surface area contributed by atoms with Crippen LogP contribution in [0.3, 0.4) is 0 Å². The molecule has 1 unspecified atom stereocenters. The summed E-state index contributed by atoms with van der Waals surface area (Å²) in [5, 5.41) is 0. The molecular weight excluding hydrogens is 248 g/mol. The van der Waals surface area contributed by atoms with E-state index in [4.69, 9.17) is 8.23 Å². The first kappa shape index (κ1) is 16.6. The van der Waals surface area contributed by atoms with Gasteiger partial charge in [-0.05, 0) is 37.9 Å². The van der Waals surface area contributed by atoms with Crippen molar-refractivity contribution in [2.75, 3.05) is 5.75 Å². The van der Waals surface area contributed by atoms with Gasteiger partial charge in [-0.1, -0.05) is 0 Å². The summed E-state index contributed by atoms with van der Waals surface area (Å²) < 4.78 is 10.3. The van der Waals surface area contributed by atoms with Crippen LogP contribution < -0.4 is 0 Å². The molecule has 0 rings (SSSR count). The van der Waals surface area contributed by atoms with E-state index in [-0.39, 0.29) is 0 Å². The van der Waals surface area contributed by atoms with Crippen molar-refractivity contribution >= 4 is 51.7 Å². The second-order valence-corrected chi connectivity index (χ2v) is 11.7. The monoisotopic (exact) mass is 272 g/mol. The molecule has 0 spiro atoms. The van der Waals surface area contributed by atoms with Crippen LogP contribution in [0.15, 0.2) is 0 Å². The molecule has 0 aliphatic heterocycles. The number of hydrogen-bond acceptors (Lipinski definition) is 3. The Morgan fingerprint density at radius 2 is 1.62 bits per heavy atom. The summed E-state index contributed by atoms with van der Waals surface area (Å²) >= 11 is 4.11. The molecular formula is C6H24O2SSi4. The largest absolute Gasteiger partial charge is 0.466 e. The van der Waals surface area contributed by atoms with Crippen LogP contribution in [0.5, 0.6) is 0 Å². The minimum absolute atomic E-state index is 0.588. The molecule has 0 heterocycles. The molecule has 0 saturated heterocycles. The zero-order valence-corrected chi connectivity index (χ0v) is 16.7. The number of hydrogen-bond donors (Lipinski definition) is 1. The second-order valence-electron chi connectivity index (χ2n) is 3.20. The molecule has 82 valence electrons. The standard InChI is InChI=1S/C4H14OSSi2.C2H10OSi2/c1-8(5-7)4-2-3-6;1-5(2)3-4/h6,8H,2-4H2,1,7H3;5H,1-2,4H3. The molecule has 0 aliphatic rings. The van der Waals surface area contributed by atoms with E-state index in [1.54, 1.807) is 0 Å². The van der Waals surface area contributed by atoms with E-state index < -0.39 is 18.1 Å². The lowest BCUT2D eigenvalue weighted by Gasteiger charge is -2.04. The topological polar surface area (TPSA) is 18.5 Å². The first-order valence-electron chi connectivity index (χ1n) is 4.74. The van der Waals surface area contributed by atoms with Gasteiger partial charge in [0.25, 0.3) is 0 Å². The van der Waals surface area contributed by atoms with Gasteiger partial charge in [0.05, 0.1) is 0 Å². The average molecular weight is 273 g/mol. The number of rotatable bonds is 5. The SMILES string of the molecule is C[SiH](C)O[SiH3].C[SiH](CCCS)O[SiH3]. The molecule has 0 fully saturated rings. The minimum Gasteiger partial charge on any atom is -0.466 e. The van der Waals surface area contributed by atoms with E-state index in [0.29, 0.717) is 0 Å². The summed E-state index contributed by atoms with van der Waals surface area (Å²) in [7, 11) is 0.587. The van der Waals surface area contributed by atoms with Gasteiger partial charge in [-0.3, -0.25) is 0 Å². The summed E-state index contributed by atoms with van der Waals surface area (Å²) in [6.07, 6.45) is 1.23. The van der Waals surface area contributed by atoms with Crippen LogP contribution in [0.1, 0.15) is 6.42 Å². The lowest BCUT2D eigenvalue weighted by molar-refractivity contribution is 0.633. The van der Waals surface area contributed by atoms with Gasteiger partial charge >= 0.3 is 0 Å². The molecule has 0 bridgehead atoms. The maximum Gasteiger partial charge on any atom is 0.159 e. The maximum absolute atomic E-state index is 5.30. The van der Waals surface area contributed by atoms with Crippen molar-refractivity contribution in [3.8, 4) is 0 Å². The van der Waals surface area contributed by atoms with E-state index in [1.807, 2.05) is 0 Å². The van der Waals surface area contributed by atoms with Crippen molar-refractivity contribution in [3.63, 3.8) is 0 Å². The average Bonchev–Trinajstić information content (AvgIpc) is 2.15. The molecule has 0 aromatic carbocycles. The summed E-state index contributed by atoms with van der Waals surface area (Å²) in [6, 6.07) is 1.30. The molecule has 0 N–H and O–H groups in total. The van der Waals surface area contributed by atoms with Crippen LogP contribution in [-0.2, 0) is 8.23 Å². The highest BCUT2D eigenvalue weighted by molar-refractivity contribution is 7.80. The smallest absolute Gasteiger partial charge is 0.159 e. The highest BCUT2D eigenvalue weighted by atomic mass is 32.1. The number of thiol groups is 1. The van der Waals surface area contributed by atoms with Crippen molar-refractivity contribution in [1.29, 1.82) is 0 Å². The summed E-state index contributed by atoms with van der Waals surface area (Å²) in [5.74, 6) is 1.02.